The van der Waals surface area contributed by atoms with Crippen LogP contribution in [0.25, 0.3) is 0 Å². The van der Waals surface area contributed by atoms with Crippen LogP contribution in [0.3, 0.4) is 0 Å². The summed E-state index contributed by atoms with van der Waals surface area (Å²) < 4.78 is 16.6. The number of anilines is 1. The number of amides is 2. The van der Waals surface area contributed by atoms with Crippen LogP contribution in [0.2, 0.25) is 0 Å². The predicted molar refractivity (Wildman–Crippen MR) is 134 cm³/mol. The van der Waals surface area contributed by atoms with E-state index in [-0.39, 0.29) is 5.91 Å². The van der Waals surface area contributed by atoms with Gasteiger partial charge in [-0.3, -0.25) is 14.9 Å². The second-order valence-corrected chi connectivity index (χ2v) is 9.49. The van der Waals surface area contributed by atoms with Crippen molar-refractivity contribution in [2.45, 2.75) is 18.5 Å². The summed E-state index contributed by atoms with van der Waals surface area (Å²) in [6, 6.07) is 21.1. The number of nitrogens with zero attached hydrogens (tertiary/aromatic N) is 1. The number of imide groups is 1. The summed E-state index contributed by atoms with van der Waals surface area (Å²) in [5.74, 6) is -2.29. The smallest absolute Gasteiger partial charge is 0.331 e. The Hall–Kier alpha value is -4.17. The van der Waals surface area contributed by atoms with Crippen LogP contribution in [-0.2, 0) is 24.7 Å². The third-order valence-electron chi connectivity index (χ3n) is 7.60. The van der Waals surface area contributed by atoms with Crippen LogP contribution in [0.5, 0.6) is 11.5 Å². The average Bonchev–Trinajstić information content (AvgIpc) is 3.42. The van der Waals surface area contributed by atoms with Gasteiger partial charge in [0.1, 0.15) is 13.2 Å². The molecule has 8 nitrogen and oxygen atoms in total. The number of carbonyl (C=O) groups excluding carboxylic acids is 3. The molecular weight excluding hydrogens is 472 g/mol. The van der Waals surface area contributed by atoms with Crippen molar-refractivity contribution in [2.24, 2.45) is 11.8 Å². The van der Waals surface area contributed by atoms with Crippen LogP contribution in [0.15, 0.2) is 72.8 Å². The number of methoxy groups -OCH3 is 1. The molecule has 3 heterocycles. The van der Waals surface area contributed by atoms with Gasteiger partial charge in [0, 0.05) is 12.1 Å². The first kappa shape index (κ1) is 23.2. The molecule has 2 amide bonds. The zero-order chi connectivity index (χ0) is 25.7. The molecule has 0 aliphatic carbocycles. The highest BCUT2D eigenvalue weighted by atomic mass is 16.6. The van der Waals surface area contributed by atoms with Crippen molar-refractivity contribution in [3.8, 4) is 11.5 Å². The molecular formula is C29H26N2O6. The van der Waals surface area contributed by atoms with Crippen molar-refractivity contribution in [2.75, 3.05) is 25.2 Å². The van der Waals surface area contributed by atoms with Gasteiger partial charge in [-0.1, -0.05) is 54.6 Å². The lowest BCUT2D eigenvalue weighted by Crippen LogP contribution is -2.53. The average molecular weight is 499 g/mol. The van der Waals surface area contributed by atoms with E-state index in [0.29, 0.717) is 36.0 Å². The van der Waals surface area contributed by atoms with E-state index in [1.54, 1.807) is 42.5 Å². The number of rotatable bonds is 4. The Labute approximate surface area is 214 Å². The summed E-state index contributed by atoms with van der Waals surface area (Å²) in [6.07, 6.45) is 0. The van der Waals surface area contributed by atoms with Crippen molar-refractivity contribution in [3.05, 3.63) is 89.5 Å². The van der Waals surface area contributed by atoms with Crippen molar-refractivity contribution < 1.29 is 28.6 Å². The predicted octanol–water partition coefficient (Wildman–Crippen LogP) is 3.28. The van der Waals surface area contributed by atoms with Gasteiger partial charge in [0.2, 0.25) is 11.8 Å². The van der Waals surface area contributed by atoms with Gasteiger partial charge in [-0.2, -0.15) is 0 Å². The molecule has 37 heavy (non-hydrogen) atoms. The van der Waals surface area contributed by atoms with E-state index in [2.05, 4.69) is 5.32 Å². The molecule has 6 rings (SSSR count). The number of hydrogen-bond donors (Lipinski definition) is 1. The molecule has 8 heteroatoms. The van der Waals surface area contributed by atoms with E-state index >= 15 is 0 Å². The monoisotopic (exact) mass is 498 g/mol. The first-order chi connectivity index (χ1) is 18.0. The summed E-state index contributed by atoms with van der Waals surface area (Å²) in [7, 11) is 1.30. The summed E-state index contributed by atoms with van der Waals surface area (Å²) in [6.45, 7) is 2.76. The van der Waals surface area contributed by atoms with E-state index in [1.165, 1.54) is 12.0 Å². The maximum Gasteiger partial charge on any atom is 0.331 e. The summed E-state index contributed by atoms with van der Waals surface area (Å²) in [5.41, 5.74) is 1.19. The molecule has 0 bridgehead atoms. The van der Waals surface area contributed by atoms with Crippen LogP contribution in [0.1, 0.15) is 22.7 Å². The van der Waals surface area contributed by atoms with E-state index in [4.69, 9.17) is 14.2 Å². The number of benzene rings is 3. The Morgan fingerprint density at radius 1 is 0.946 bits per heavy atom. The normalized spacial score (nSPS) is 26.2. The first-order valence-corrected chi connectivity index (χ1v) is 12.2. The van der Waals surface area contributed by atoms with Crippen LogP contribution >= 0.6 is 0 Å². The van der Waals surface area contributed by atoms with Gasteiger partial charge in [0.05, 0.1) is 24.6 Å². The topological polar surface area (TPSA) is 94.2 Å². The molecule has 4 atom stereocenters. The first-order valence-electron chi connectivity index (χ1n) is 12.2. The standard InChI is InChI=1S/C29H26N2O6/c1-17-8-6-7-11-20(17)25-23-24(29(30-25,28(34)35-2)18-9-4-3-5-10-18)27(33)31(26(23)32)19-12-13-21-22(16-19)37-15-14-36-21/h3-13,16,23-25,30H,14-15H2,1-2H3/t23-,24+,25-,29+/m1/s1. The van der Waals surface area contributed by atoms with Crippen molar-refractivity contribution in [3.63, 3.8) is 0 Å². The molecule has 0 saturated carbocycles. The van der Waals surface area contributed by atoms with Crippen LogP contribution in [0.4, 0.5) is 5.69 Å². The van der Waals surface area contributed by atoms with E-state index in [9.17, 15) is 14.4 Å². The lowest BCUT2D eigenvalue weighted by molar-refractivity contribution is -0.152. The number of ether oxygens (including phenoxy) is 3. The summed E-state index contributed by atoms with van der Waals surface area (Å²) >= 11 is 0. The molecule has 0 unspecified atom stereocenters. The van der Waals surface area contributed by atoms with Gasteiger partial charge >= 0.3 is 5.97 Å². The quantitative estimate of drug-likeness (QED) is 0.436. The number of fused-ring (bicyclic) bond motifs is 2. The van der Waals surface area contributed by atoms with Crippen LogP contribution < -0.4 is 19.7 Å². The summed E-state index contributed by atoms with van der Waals surface area (Å²) in [4.78, 5) is 43.2. The summed E-state index contributed by atoms with van der Waals surface area (Å²) in [5, 5.41) is 3.43. The second kappa shape index (κ2) is 8.74. The van der Waals surface area contributed by atoms with Gasteiger partial charge < -0.3 is 14.2 Å². The van der Waals surface area contributed by atoms with Gasteiger partial charge in [-0.15, -0.1) is 0 Å². The molecule has 2 saturated heterocycles. The van der Waals surface area contributed by atoms with Crippen LogP contribution in [-0.4, -0.2) is 38.1 Å². The highest BCUT2D eigenvalue weighted by Gasteiger charge is 2.69. The third-order valence-corrected chi connectivity index (χ3v) is 7.60. The number of aryl methyl sites for hydroxylation is 1. The van der Waals surface area contributed by atoms with Crippen molar-refractivity contribution in [1.29, 1.82) is 0 Å². The van der Waals surface area contributed by atoms with E-state index < -0.39 is 35.3 Å². The minimum atomic E-state index is -1.55. The molecule has 188 valence electrons. The Balaban J connectivity index is 1.54. The molecule has 1 N–H and O–H groups in total. The third kappa shape index (κ3) is 3.36. The van der Waals surface area contributed by atoms with E-state index in [0.717, 1.165) is 11.1 Å². The lowest BCUT2D eigenvalue weighted by Gasteiger charge is -2.33. The molecule has 3 aliphatic heterocycles. The fraction of sp³-hybridized carbons (Fsp3) is 0.276. The lowest BCUT2D eigenvalue weighted by atomic mass is 9.75. The van der Waals surface area contributed by atoms with Crippen molar-refractivity contribution >= 4 is 23.5 Å². The SMILES string of the molecule is COC(=O)[C@@]1(c2ccccc2)N[C@H](c2ccccc2C)[C@@H]2C(=O)N(c3ccc4c(c3)OCCO4)C(=O)[C@H]21. The van der Waals surface area contributed by atoms with Gasteiger partial charge in [0.25, 0.3) is 0 Å². The van der Waals surface area contributed by atoms with Gasteiger partial charge in [-0.05, 0) is 35.7 Å². The highest BCUT2D eigenvalue weighted by molar-refractivity contribution is 6.24. The molecule has 0 radical (unpaired) electrons. The maximum absolute atomic E-state index is 14.2. The highest BCUT2D eigenvalue weighted by Crippen LogP contribution is 2.54. The number of esters is 1. The number of nitrogens with one attached hydrogen (secondary N) is 1. The molecule has 0 aromatic heterocycles. The number of hydrogen-bond acceptors (Lipinski definition) is 7. The Morgan fingerprint density at radius 2 is 1.65 bits per heavy atom. The minimum absolute atomic E-state index is 0.377. The largest absolute Gasteiger partial charge is 0.486 e. The molecule has 0 spiro atoms. The Kier molecular flexibility index (Phi) is 5.49. The molecule has 3 aromatic rings. The van der Waals surface area contributed by atoms with E-state index in [1.807, 2.05) is 37.3 Å². The van der Waals surface area contributed by atoms with Crippen LogP contribution in [0, 0.1) is 18.8 Å². The second-order valence-electron chi connectivity index (χ2n) is 9.49. The van der Waals surface area contributed by atoms with Gasteiger partial charge in [-0.25, -0.2) is 9.69 Å². The Morgan fingerprint density at radius 3 is 2.38 bits per heavy atom. The molecule has 3 aliphatic rings. The zero-order valence-corrected chi connectivity index (χ0v) is 20.5. The maximum atomic E-state index is 14.2. The fourth-order valence-corrected chi connectivity index (χ4v) is 5.97. The fourth-order valence-electron chi connectivity index (χ4n) is 5.97. The Bertz CT molecular complexity index is 1410. The zero-order valence-electron chi connectivity index (χ0n) is 20.5. The number of carbonyl (C=O) groups is 3. The minimum Gasteiger partial charge on any atom is -0.486 e. The molecule has 3 aromatic carbocycles. The van der Waals surface area contributed by atoms with Crippen molar-refractivity contribution in [1.82, 2.24) is 5.32 Å². The van der Waals surface area contributed by atoms with Gasteiger partial charge in [0.15, 0.2) is 17.0 Å². The molecule has 2 fully saturated rings.